The second-order valence-electron chi connectivity index (χ2n) is 4.28. The van der Waals surface area contributed by atoms with Crippen LogP contribution in [0.4, 0.5) is 0 Å². The molecule has 4 nitrogen and oxygen atoms in total. The molecule has 0 unspecified atom stereocenters. The number of methoxy groups -OCH3 is 1. The molecule has 3 rings (SSSR count). The number of hydrogen-bond donors (Lipinski definition) is 1. The highest BCUT2D eigenvalue weighted by Gasteiger charge is 2.10. The van der Waals surface area contributed by atoms with E-state index in [9.17, 15) is 0 Å². The summed E-state index contributed by atoms with van der Waals surface area (Å²) in [5, 5.41) is 8.85. The van der Waals surface area contributed by atoms with Gasteiger partial charge in [0.05, 0.1) is 24.3 Å². The van der Waals surface area contributed by atoms with Gasteiger partial charge in [-0.05, 0) is 48.6 Å². The Morgan fingerprint density at radius 3 is 2.60 bits per heavy atom. The van der Waals surface area contributed by atoms with E-state index in [0.29, 0.717) is 10.3 Å². The van der Waals surface area contributed by atoms with Crippen LogP contribution in [0.3, 0.4) is 0 Å². The molecule has 0 bridgehead atoms. The predicted molar refractivity (Wildman–Crippen MR) is 79.7 cm³/mol. The van der Waals surface area contributed by atoms with Crippen LogP contribution < -0.4 is 4.74 Å². The van der Waals surface area contributed by atoms with Crippen molar-refractivity contribution in [2.45, 2.75) is 0 Å². The number of nitriles is 1. The molecule has 3 aromatic rings. The standard InChI is InChI=1S/C15H11N3OS/c1-19-13-4-2-3-12-14(13)17-15(20)18(12)11-7-5-10(9-16)6-8-11/h2-8H,1H3,(H,17,20). The van der Waals surface area contributed by atoms with Crippen LogP contribution in [0, 0.1) is 16.1 Å². The Labute approximate surface area is 120 Å². The summed E-state index contributed by atoms with van der Waals surface area (Å²) in [6.45, 7) is 0. The first-order valence-corrected chi connectivity index (χ1v) is 6.43. The molecule has 5 heteroatoms. The average molecular weight is 281 g/mol. The molecule has 0 aliphatic rings. The Kier molecular flexibility index (Phi) is 3.01. The minimum Gasteiger partial charge on any atom is -0.494 e. The Balaban J connectivity index is 2.28. The maximum atomic E-state index is 8.85. The van der Waals surface area contributed by atoms with Crippen LogP contribution in [0.5, 0.6) is 5.75 Å². The van der Waals surface area contributed by atoms with Crippen molar-refractivity contribution in [1.82, 2.24) is 9.55 Å². The van der Waals surface area contributed by atoms with Gasteiger partial charge in [0.1, 0.15) is 11.3 Å². The summed E-state index contributed by atoms with van der Waals surface area (Å²) in [7, 11) is 1.63. The first kappa shape index (κ1) is 12.5. The van der Waals surface area contributed by atoms with Crippen LogP contribution in [-0.2, 0) is 0 Å². The molecule has 0 atom stereocenters. The number of aromatic amines is 1. The zero-order chi connectivity index (χ0) is 14.1. The molecule has 1 aromatic heterocycles. The monoisotopic (exact) mass is 281 g/mol. The number of para-hydroxylation sites is 1. The molecule has 0 aliphatic carbocycles. The fourth-order valence-electron chi connectivity index (χ4n) is 2.22. The molecule has 0 aliphatic heterocycles. The smallest absolute Gasteiger partial charge is 0.182 e. The van der Waals surface area contributed by atoms with Crippen molar-refractivity contribution in [2.75, 3.05) is 7.11 Å². The summed E-state index contributed by atoms with van der Waals surface area (Å²) in [5.74, 6) is 0.751. The van der Waals surface area contributed by atoms with Crippen molar-refractivity contribution < 1.29 is 4.74 Å². The Hall–Kier alpha value is -2.58. The van der Waals surface area contributed by atoms with E-state index in [2.05, 4.69) is 11.1 Å². The number of nitrogens with one attached hydrogen (secondary N) is 1. The van der Waals surface area contributed by atoms with Gasteiger partial charge in [-0.25, -0.2) is 0 Å². The van der Waals surface area contributed by atoms with Crippen LogP contribution >= 0.6 is 12.2 Å². The molecule has 2 aromatic carbocycles. The Bertz CT molecular complexity index is 869. The first-order chi connectivity index (χ1) is 9.74. The number of nitrogens with zero attached hydrogens (tertiary/aromatic N) is 2. The van der Waals surface area contributed by atoms with Gasteiger partial charge in [-0.3, -0.25) is 4.57 Å². The van der Waals surface area contributed by atoms with Crippen molar-refractivity contribution >= 4 is 23.3 Å². The van der Waals surface area contributed by atoms with Gasteiger partial charge >= 0.3 is 0 Å². The lowest BCUT2D eigenvalue weighted by atomic mass is 10.2. The number of imidazole rings is 1. The molecular formula is C15H11N3OS. The van der Waals surface area contributed by atoms with E-state index in [1.54, 1.807) is 19.2 Å². The van der Waals surface area contributed by atoms with Gasteiger partial charge in [0.15, 0.2) is 4.77 Å². The van der Waals surface area contributed by atoms with Crippen molar-refractivity contribution in [3.8, 4) is 17.5 Å². The minimum atomic E-state index is 0.592. The summed E-state index contributed by atoms with van der Waals surface area (Å²) < 4.78 is 7.85. The quantitative estimate of drug-likeness (QED) is 0.731. The summed E-state index contributed by atoms with van der Waals surface area (Å²) in [6.07, 6.45) is 0. The highest BCUT2D eigenvalue weighted by atomic mass is 32.1. The lowest BCUT2D eigenvalue weighted by Crippen LogP contribution is -1.94. The van der Waals surface area contributed by atoms with Gasteiger partial charge in [-0.2, -0.15) is 5.26 Å². The second kappa shape index (κ2) is 4.83. The average Bonchev–Trinajstić information content (AvgIpc) is 2.83. The summed E-state index contributed by atoms with van der Waals surface area (Å²) in [5.41, 5.74) is 3.34. The third-order valence-electron chi connectivity index (χ3n) is 3.15. The molecule has 0 amide bonds. The normalized spacial score (nSPS) is 10.4. The van der Waals surface area contributed by atoms with Gasteiger partial charge in [-0.15, -0.1) is 0 Å². The van der Waals surface area contributed by atoms with Gasteiger partial charge in [0, 0.05) is 5.69 Å². The zero-order valence-electron chi connectivity index (χ0n) is 10.8. The summed E-state index contributed by atoms with van der Waals surface area (Å²) in [6, 6.07) is 15.2. The summed E-state index contributed by atoms with van der Waals surface area (Å²) in [4.78, 5) is 3.16. The molecular weight excluding hydrogens is 270 g/mol. The third-order valence-corrected chi connectivity index (χ3v) is 3.44. The van der Waals surface area contributed by atoms with Crippen LogP contribution in [0.25, 0.3) is 16.7 Å². The number of aromatic nitrogens is 2. The summed E-state index contributed by atoms with van der Waals surface area (Å²) >= 11 is 5.39. The van der Waals surface area contributed by atoms with Crippen LogP contribution in [0.1, 0.15) is 5.56 Å². The first-order valence-electron chi connectivity index (χ1n) is 6.03. The SMILES string of the molecule is COc1cccc2c1[nH]c(=S)n2-c1ccc(C#N)cc1. The van der Waals surface area contributed by atoms with Gasteiger partial charge in [0.25, 0.3) is 0 Å². The predicted octanol–water partition coefficient (Wildman–Crippen LogP) is 3.57. The number of fused-ring (bicyclic) bond motifs is 1. The molecule has 20 heavy (non-hydrogen) atoms. The fourth-order valence-corrected chi connectivity index (χ4v) is 2.52. The van der Waals surface area contributed by atoms with Crippen LogP contribution in [0.2, 0.25) is 0 Å². The molecule has 0 spiro atoms. The van der Waals surface area contributed by atoms with E-state index >= 15 is 0 Å². The maximum Gasteiger partial charge on any atom is 0.182 e. The van der Waals surface area contributed by atoms with E-state index in [-0.39, 0.29) is 0 Å². The number of ether oxygens (including phenoxy) is 1. The lowest BCUT2D eigenvalue weighted by molar-refractivity contribution is 0.419. The maximum absolute atomic E-state index is 8.85. The van der Waals surface area contributed by atoms with Crippen LogP contribution in [-0.4, -0.2) is 16.7 Å². The highest BCUT2D eigenvalue weighted by Crippen LogP contribution is 2.27. The van der Waals surface area contributed by atoms with E-state index in [4.69, 9.17) is 22.2 Å². The zero-order valence-corrected chi connectivity index (χ0v) is 11.6. The molecule has 0 saturated carbocycles. The van der Waals surface area contributed by atoms with Gasteiger partial charge in [0.2, 0.25) is 0 Å². The molecule has 1 heterocycles. The highest BCUT2D eigenvalue weighted by molar-refractivity contribution is 7.71. The fraction of sp³-hybridized carbons (Fsp3) is 0.0667. The molecule has 1 N–H and O–H groups in total. The molecule has 0 fully saturated rings. The van der Waals surface area contributed by atoms with Crippen molar-refractivity contribution in [3.63, 3.8) is 0 Å². The Morgan fingerprint density at radius 2 is 1.95 bits per heavy atom. The van der Waals surface area contributed by atoms with E-state index in [0.717, 1.165) is 22.5 Å². The number of benzene rings is 2. The van der Waals surface area contributed by atoms with E-state index < -0.39 is 0 Å². The van der Waals surface area contributed by atoms with Crippen molar-refractivity contribution in [3.05, 3.63) is 52.8 Å². The topological polar surface area (TPSA) is 53.7 Å². The third kappa shape index (κ3) is 1.87. The van der Waals surface area contributed by atoms with E-state index in [1.807, 2.05) is 34.9 Å². The Morgan fingerprint density at radius 1 is 1.20 bits per heavy atom. The number of H-pyrrole nitrogens is 1. The van der Waals surface area contributed by atoms with Crippen LogP contribution in [0.15, 0.2) is 42.5 Å². The molecule has 0 radical (unpaired) electrons. The second-order valence-corrected chi connectivity index (χ2v) is 4.67. The number of hydrogen-bond acceptors (Lipinski definition) is 3. The number of rotatable bonds is 2. The molecule has 0 saturated heterocycles. The van der Waals surface area contributed by atoms with Crippen molar-refractivity contribution in [2.24, 2.45) is 0 Å². The van der Waals surface area contributed by atoms with Gasteiger partial charge < -0.3 is 9.72 Å². The minimum absolute atomic E-state index is 0.592. The van der Waals surface area contributed by atoms with E-state index in [1.165, 1.54) is 0 Å². The lowest BCUT2D eigenvalue weighted by Gasteiger charge is -2.05. The largest absolute Gasteiger partial charge is 0.494 e. The van der Waals surface area contributed by atoms with Crippen molar-refractivity contribution in [1.29, 1.82) is 5.26 Å². The molecule has 98 valence electrons. The van der Waals surface area contributed by atoms with Gasteiger partial charge in [-0.1, -0.05) is 6.07 Å².